The molecule has 0 amide bonds. The zero-order chi connectivity index (χ0) is 3.58. The van der Waals surface area contributed by atoms with Crippen LogP contribution in [0.2, 0.25) is 0 Å². The second-order valence-electron chi connectivity index (χ2n) is 0.283. The molecule has 0 atom stereocenters. The van der Waals surface area contributed by atoms with Gasteiger partial charge in [0.05, 0.1) is 0 Å². The maximum absolute atomic E-state index is 8.56. The summed E-state index contributed by atoms with van der Waals surface area (Å²) in [5.41, 5.74) is 0. The van der Waals surface area contributed by atoms with E-state index in [0.717, 1.165) is 0 Å². The van der Waals surface area contributed by atoms with Crippen molar-refractivity contribution in [3.05, 3.63) is 0 Å². The van der Waals surface area contributed by atoms with Gasteiger partial charge in [0.25, 0.3) is 0 Å². The Balaban J connectivity index is -0.00000000214. The van der Waals surface area contributed by atoms with Gasteiger partial charge >= 0.3 is 35.7 Å². The normalized spacial score (nSPS) is 2.40. The quantitative estimate of drug-likeness (QED) is 0.344. The van der Waals surface area contributed by atoms with Crippen LogP contribution in [-0.2, 0) is 0 Å². The first kappa shape index (κ1) is 87.9. The van der Waals surface area contributed by atoms with Gasteiger partial charge in [0, 0.05) is 0 Å². The van der Waals surface area contributed by atoms with Crippen LogP contribution in [0.3, 0.4) is 0 Å². The summed E-state index contributed by atoms with van der Waals surface area (Å²) in [5.74, 6) is 0. The number of hydrogen-bond donors (Lipinski definition) is 2. The minimum absolute atomic E-state index is 0. The standard InChI is InChI=1S/CH2O3.Na.5H2O.H/c2-1(3)4;;;;;;;/h(H2,2,3,4);;5*1H2;/q;+1;;;;;;-1. The molecular formula is CH13NaO8. The van der Waals surface area contributed by atoms with Crippen LogP contribution in [0.4, 0.5) is 4.79 Å². The molecule has 0 aromatic carbocycles. The van der Waals surface area contributed by atoms with Crippen molar-refractivity contribution in [1.29, 1.82) is 0 Å². The van der Waals surface area contributed by atoms with Crippen LogP contribution in [0.25, 0.3) is 0 Å². The number of carboxylic acid groups (broad SMARTS) is 2. The summed E-state index contributed by atoms with van der Waals surface area (Å²) in [6, 6.07) is 0. The van der Waals surface area contributed by atoms with Gasteiger partial charge in [-0.25, -0.2) is 4.79 Å². The molecule has 66 valence electrons. The smallest absolute Gasteiger partial charge is 1.00 e. The van der Waals surface area contributed by atoms with E-state index in [1.807, 2.05) is 0 Å². The molecule has 0 rings (SSSR count). The molecule has 0 aliphatic heterocycles. The van der Waals surface area contributed by atoms with Crippen molar-refractivity contribution < 1.29 is 73.4 Å². The molecule has 0 aromatic heterocycles. The molecule has 0 radical (unpaired) electrons. The van der Waals surface area contributed by atoms with E-state index in [9.17, 15) is 0 Å². The summed E-state index contributed by atoms with van der Waals surface area (Å²) in [6.45, 7) is 0. The fourth-order valence-electron chi connectivity index (χ4n) is 0. The second kappa shape index (κ2) is 62.7. The first-order valence-electron chi connectivity index (χ1n) is 0.651. The SMILES string of the molecule is O.O.O.O.O.O=C(O)O.[H-].[Na+]. The largest absolute Gasteiger partial charge is 1.00 e. The molecule has 0 aliphatic rings. The molecule has 0 fully saturated rings. The Kier molecular flexibility index (Phi) is 551. The first-order chi connectivity index (χ1) is 1.73. The van der Waals surface area contributed by atoms with Gasteiger partial charge in [-0.05, 0) is 0 Å². The van der Waals surface area contributed by atoms with Crippen molar-refractivity contribution in [2.75, 3.05) is 0 Å². The number of carbonyl (C=O) groups is 1. The summed E-state index contributed by atoms with van der Waals surface area (Å²) in [6.07, 6.45) is -1.83. The third-order valence-corrected chi connectivity index (χ3v) is 0. The first-order valence-corrected chi connectivity index (χ1v) is 0.651. The minimum atomic E-state index is -1.83. The Morgan fingerprint density at radius 3 is 0.900 bits per heavy atom. The molecule has 8 nitrogen and oxygen atoms in total. The minimum Gasteiger partial charge on any atom is -1.00 e. The fourth-order valence-corrected chi connectivity index (χ4v) is 0. The average molecular weight is 176 g/mol. The van der Waals surface area contributed by atoms with Crippen LogP contribution in [0.1, 0.15) is 1.43 Å². The van der Waals surface area contributed by atoms with Crippen molar-refractivity contribution >= 4 is 6.16 Å². The van der Waals surface area contributed by atoms with Crippen molar-refractivity contribution in [2.45, 2.75) is 0 Å². The summed E-state index contributed by atoms with van der Waals surface area (Å²) < 4.78 is 0. The molecule has 0 unspecified atom stereocenters. The number of hydrogen-bond acceptors (Lipinski definition) is 1. The molecule has 10 heavy (non-hydrogen) atoms. The van der Waals surface area contributed by atoms with Gasteiger partial charge in [-0.15, -0.1) is 0 Å². The predicted molar refractivity (Wildman–Crippen MR) is 29.8 cm³/mol. The molecule has 0 heterocycles. The Morgan fingerprint density at radius 2 is 0.900 bits per heavy atom. The van der Waals surface area contributed by atoms with E-state index in [1.165, 1.54) is 0 Å². The average Bonchev–Trinajstić information content (AvgIpc) is 0.811. The van der Waals surface area contributed by atoms with Crippen LogP contribution in [0, 0.1) is 0 Å². The summed E-state index contributed by atoms with van der Waals surface area (Å²) in [5, 5.41) is 13.9. The van der Waals surface area contributed by atoms with E-state index in [4.69, 9.17) is 15.0 Å². The molecular weight excluding hydrogens is 163 g/mol. The van der Waals surface area contributed by atoms with Crippen LogP contribution >= 0.6 is 0 Å². The summed E-state index contributed by atoms with van der Waals surface area (Å²) in [4.78, 5) is 8.56. The summed E-state index contributed by atoms with van der Waals surface area (Å²) in [7, 11) is 0. The Hall–Kier alpha value is 0.0700. The Labute approximate surface area is 79.8 Å². The van der Waals surface area contributed by atoms with Crippen molar-refractivity contribution in [2.24, 2.45) is 0 Å². The van der Waals surface area contributed by atoms with E-state index >= 15 is 0 Å². The van der Waals surface area contributed by atoms with E-state index in [-0.39, 0.29) is 58.4 Å². The zero-order valence-corrected chi connectivity index (χ0v) is 7.30. The molecule has 0 aliphatic carbocycles. The third-order valence-electron chi connectivity index (χ3n) is 0. The molecule has 0 bridgehead atoms. The van der Waals surface area contributed by atoms with Gasteiger partial charge in [0.1, 0.15) is 0 Å². The maximum Gasteiger partial charge on any atom is 1.00 e. The van der Waals surface area contributed by atoms with Crippen molar-refractivity contribution in [1.82, 2.24) is 0 Å². The second-order valence-corrected chi connectivity index (χ2v) is 0.283. The van der Waals surface area contributed by atoms with Gasteiger partial charge in [-0.3, -0.25) is 0 Å². The Morgan fingerprint density at radius 1 is 0.900 bits per heavy atom. The monoisotopic (exact) mass is 176 g/mol. The van der Waals surface area contributed by atoms with Gasteiger partial charge in [0.2, 0.25) is 0 Å². The zero-order valence-electron chi connectivity index (χ0n) is 6.30. The summed E-state index contributed by atoms with van der Waals surface area (Å²) >= 11 is 0. The fraction of sp³-hybridized carbons (Fsp3) is 0. The molecule has 9 heteroatoms. The Bertz CT molecular complexity index is 37.1. The van der Waals surface area contributed by atoms with Crippen LogP contribution in [0.5, 0.6) is 0 Å². The molecule has 12 N–H and O–H groups in total. The van der Waals surface area contributed by atoms with E-state index in [0.29, 0.717) is 0 Å². The maximum atomic E-state index is 8.56. The van der Waals surface area contributed by atoms with E-state index in [2.05, 4.69) is 0 Å². The van der Waals surface area contributed by atoms with Gasteiger partial charge in [-0.1, -0.05) is 0 Å². The van der Waals surface area contributed by atoms with Gasteiger partial charge < -0.3 is 39.0 Å². The van der Waals surface area contributed by atoms with Crippen molar-refractivity contribution in [3.8, 4) is 0 Å². The van der Waals surface area contributed by atoms with Gasteiger partial charge in [0.15, 0.2) is 0 Å². The van der Waals surface area contributed by atoms with Crippen LogP contribution in [-0.4, -0.2) is 43.7 Å². The molecule has 0 aromatic rings. The van der Waals surface area contributed by atoms with Gasteiger partial charge in [-0.2, -0.15) is 0 Å². The van der Waals surface area contributed by atoms with E-state index in [1.54, 1.807) is 0 Å². The van der Waals surface area contributed by atoms with E-state index < -0.39 is 6.16 Å². The number of rotatable bonds is 0. The molecule has 0 saturated heterocycles. The molecule has 0 saturated carbocycles. The predicted octanol–water partition coefficient (Wildman–Crippen LogP) is -6.78. The molecule has 0 spiro atoms. The van der Waals surface area contributed by atoms with Crippen molar-refractivity contribution in [3.63, 3.8) is 0 Å². The van der Waals surface area contributed by atoms with Crippen LogP contribution < -0.4 is 29.6 Å². The third kappa shape index (κ3) is 82300. The topological polar surface area (TPSA) is 215 Å². The van der Waals surface area contributed by atoms with Crippen LogP contribution in [0.15, 0.2) is 0 Å².